The SMILES string of the molecule is CCN(CC(=O)Nc1cc(C(C)C)no1)C1CCNC1. The van der Waals surface area contributed by atoms with E-state index in [2.05, 4.69) is 27.6 Å². The van der Waals surface area contributed by atoms with Gasteiger partial charge in [-0.15, -0.1) is 0 Å². The van der Waals surface area contributed by atoms with Crippen LogP contribution in [-0.2, 0) is 4.79 Å². The number of nitrogens with one attached hydrogen (secondary N) is 2. The van der Waals surface area contributed by atoms with E-state index < -0.39 is 0 Å². The van der Waals surface area contributed by atoms with Gasteiger partial charge in [0.15, 0.2) is 0 Å². The summed E-state index contributed by atoms with van der Waals surface area (Å²) in [5.41, 5.74) is 0.854. The smallest absolute Gasteiger partial charge is 0.240 e. The summed E-state index contributed by atoms with van der Waals surface area (Å²) >= 11 is 0. The van der Waals surface area contributed by atoms with Crippen molar-refractivity contribution in [3.05, 3.63) is 11.8 Å². The number of hydrogen-bond acceptors (Lipinski definition) is 5. The van der Waals surface area contributed by atoms with Gasteiger partial charge < -0.3 is 9.84 Å². The maximum absolute atomic E-state index is 12.1. The molecule has 0 saturated carbocycles. The second-order valence-corrected chi connectivity index (χ2v) is 5.53. The molecule has 0 bridgehead atoms. The maximum atomic E-state index is 12.1. The topological polar surface area (TPSA) is 70.4 Å². The summed E-state index contributed by atoms with van der Waals surface area (Å²) < 4.78 is 5.12. The number of amides is 1. The highest BCUT2D eigenvalue weighted by Crippen LogP contribution is 2.17. The molecule has 2 rings (SSSR count). The number of anilines is 1. The van der Waals surface area contributed by atoms with Crippen LogP contribution in [0.4, 0.5) is 5.88 Å². The molecule has 0 radical (unpaired) electrons. The summed E-state index contributed by atoms with van der Waals surface area (Å²) in [6.07, 6.45) is 1.10. The Bertz CT molecular complexity index is 438. The predicted molar refractivity (Wildman–Crippen MR) is 77.7 cm³/mol. The van der Waals surface area contributed by atoms with Crippen molar-refractivity contribution >= 4 is 11.8 Å². The van der Waals surface area contributed by atoms with Gasteiger partial charge in [-0.05, 0) is 25.4 Å². The van der Waals surface area contributed by atoms with Gasteiger partial charge >= 0.3 is 0 Å². The van der Waals surface area contributed by atoms with Crippen LogP contribution in [-0.4, -0.2) is 48.2 Å². The molecule has 1 aliphatic rings. The Morgan fingerprint density at radius 1 is 1.65 bits per heavy atom. The van der Waals surface area contributed by atoms with Crippen LogP contribution in [0, 0.1) is 0 Å². The molecule has 6 nitrogen and oxygen atoms in total. The first-order valence-electron chi connectivity index (χ1n) is 7.31. The Kier molecular flexibility index (Phi) is 5.14. The summed E-state index contributed by atoms with van der Waals surface area (Å²) in [6, 6.07) is 2.24. The first-order chi connectivity index (χ1) is 9.60. The predicted octanol–water partition coefficient (Wildman–Crippen LogP) is 1.42. The van der Waals surface area contributed by atoms with Crippen molar-refractivity contribution in [1.82, 2.24) is 15.4 Å². The molecule has 20 heavy (non-hydrogen) atoms. The molecule has 1 amide bonds. The molecular formula is C14H24N4O2. The van der Waals surface area contributed by atoms with Gasteiger partial charge in [0.1, 0.15) is 0 Å². The van der Waals surface area contributed by atoms with Crippen molar-refractivity contribution < 1.29 is 9.32 Å². The van der Waals surface area contributed by atoms with Crippen molar-refractivity contribution in [2.75, 3.05) is 31.5 Å². The van der Waals surface area contributed by atoms with Crippen LogP contribution in [0.2, 0.25) is 0 Å². The standard InChI is InChI=1S/C14H24N4O2/c1-4-18(11-5-6-15-8-11)9-13(19)16-14-7-12(10(2)3)17-20-14/h7,10-11,15H,4-6,8-9H2,1-3H3,(H,16,19). The van der Waals surface area contributed by atoms with E-state index in [0.29, 0.717) is 24.4 Å². The van der Waals surface area contributed by atoms with Crippen LogP contribution in [0.1, 0.15) is 38.8 Å². The first kappa shape index (κ1) is 15.0. The Labute approximate surface area is 119 Å². The fourth-order valence-electron chi connectivity index (χ4n) is 2.43. The van der Waals surface area contributed by atoms with Crippen LogP contribution in [0.5, 0.6) is 0 Å². The van der Waals surface area contributed by atoms with E-state index in [-0.39, 0.29) is 5.91 Å². The Balaban J connectivity index is 1.86. The third-order valence-electron chi connectivity index (χ3n) is 3.69. The van der Waals surface area contributed by atoms with Gasteiger partial charge in [0.2, 0.25) is 11.8 Å². The summed E-state index contributed by atoms with van der Waals surface area (Å²) in [6.45, 7) is 9.40. The zero-order valence-corrected chi connectivity index (χ0v) is 12.5. The van der Waals surface area contributed by atoms with Crippen LogP contribution < -0.4 is 10.6 Å². The quantitative estimate of drug-likeness (QED) is 0.824. The Morgan fingerprint density at radius 2 is 2.45 bits per heavy atom. The second-order valence-electron chi connectivity index (χ2n) is 5.53. The van der Waals surface area contributed by atoms with E-state index >= 15 is 0 Å². The molecule has 6 heteroatoms. The number of carbonyl (C=O) groups is 1. The molecule has 1 atom stereocenters. The number of hydrogen-bond donors (Lipinski definition) is 2. The number of nitrogens with zero attached hydrogens (tertiary/aromatic N) is 2. The van der Waals surface area contributed by atoms with Gasteiger partial charge in [0, 0.05) is 18.7 Å². The highest BCUT2D eigenvalue weighted by Gasteiger charge is 2.23. The molecule has 2 heterocycles. The third-order valence-corrected chi connectivity index (χ3v) is 3.69. The van der Waals surface area contributed by atoms with Crippen LogP contribution in [0.3, 0.4) is 0 Å². The number of rotatable bonds is 6. The van der Waals surface area contributed by atoms with Gasteiger partial charge in [-0.1, -0.05) is 25.9 Å². The van der Waals surface area contributed by atoms with Crippen molar-refractivity contribution in [3.8, 4) is 0 Å². The van der Waals surface area contributed by atoms with Gasteiger partial charge in [0.25, 0.3) is 0 Å². The van der Waals surface area contributed by atoms with E-state index in [1.165, 1.54) is 0 Å². The lowest BCUT2D eigenvalue weighted by Gasteiger charge is -2.25. The lowest BCUT2D eigenvalue weighted by molar-refractivity contribution is -0.117. The highest BCUT2D eigenvalue weighted by atomic mass is 16.5. The lowest BCUT2D eigenvalue weighted by atomic mass is 10.1. The summed E-state index contributed by atoms with van der Waals surface area (Å²) in [5, 5.41) is 10.0. The molecular weight excluding hydrogens is 256 g/mol. The molecule has 1 aliphatic heterocycles. The van der Waals surface area contributed by atoms with E-state index in [4.69, 9.17) is 4.52 Å². The molecule has 112 valence electrons. The van der Waals surface area contributed by atoms with Gasteiger partial charge in [-0.2, -0.15) is 0 Å². The van der Waals surface area contributed by atoms with E-state index in [9.17, 15) is 4.79 Å². The second kappa shape index (κ2) is 6.85. The average molecular weight is 280 g/mol. The minimum atomic E-state index is -0.0507. The molecule has 0 spiro atoms. The number of likely N-dealkylation sites (N-methyl/N-ethyl adjacent to an activating group) is 1. The number of carbonyl (C=O) groups excluding carboxylic acids is 1. The summed E-state index contributed by atoms with van der Waals surface area (Å²) in [7, 11) is 0. The molecule has 1 unspecified atom stereocenters. The van der Waals surface area contributed by atoms with E-state index in [1.807, 2.05) is 13.8 Å². The normalized spacial score (nSPS) is 18.9. The fraction of sp³-hybridized carbons (Fsp3) is 0.714. The first-order valence-corrected chi connectivity index (χ1v) is 7.31. The van der Waals surface area contributed by atoms with E-state index in [1.54, 1.807) is 6.07 Å². The fourth-order valence-corrected chi connectivity index (χ4v) is 2.43. The molecule has 1 aromatic heterocycles. The van der Waals surface area contributed by atoms with Crippen molar-refractivity contribution in [3.63, 3.8) is 0 Å². The van der Waals surface area contributed by atoms with Crippen LogP contribution in [0.15, 0.2) is 10.6 Å². The lowest BCUT2D eigenvalue weighted by Crippen LogP contribution is -2.41. The van der Waals surface area contributed by atoms with Crippen molar-refractivity contribution in [2.24, 2.45) is 0 Å². The zero-order chi connectivity index (χ0) is 14.5. The van der Waals surface area contributed by atoms with Gasteiger partial charge in [0.05, 0.1) is 12.2 Å². The van der Waals surface area contributed by atoms with Crippen LogP contribution >= 0.6 is 0 Å². The Morgan fingerprint density at radius 3 is 3.00 bits per heavy atom. The average Bonchev–Trinajstić information content (AvgIpc) is 3.06. The van der Waals surface area contributed by atoms with Crippen molar-refractivity contribution in [2.45, 2.75) is 39.2 Å². The highest BCUT2D eigenvalue weighted by molar-refractivity contribution is 5.91. The monoisotopic (exact) mass is 280 g/mol. The third kappa shape index (κ3) is 3.80. The molecule has 1 aromatic rings. The Hall–Kier alpha value is -1.40. The largest absolute Gasteiger partial charge is 0.338 e. The van der Waals surface area contributed by atoms with E-state index in [0.717, 1.165) is 31.7 Å². The maximum Gasteiger partial charge on any atom is 0.240 e. The van der Waals surface area contributed by atoms with Gasteiger partial charge in [-0.25, -0.2) is 0 Å². The van der Waals surface area contributed by atoms with Crippen molar-refractivity contribution in [1.29, 1.82) is 0 Å². The molecule has 2 N–H and O–H groups in total. The van der Waals surface area contributed by atoms with Gasteiger partial charge in [-0.3, -0.25) is 15.0 Å². The molecule has 1 fully saturated rings. The molecule has 0 aromatic carbocycles. The minimum Gasteiger partial charge on any atom is -0.338 e. The number of aromatic nitrogens is 1. The van der Waals surface area contributed by atoms with Crippen LogP contribution in [0.25, 0.3) is 0 Å². The summed E-state index contributed by atoms with van der Waals surface area (Å²) in [5.74, 6) is 0.672. The molecule has 1 saturated heterocycles. The zero-order valence-electron chi connectivity index (χ0n) is 12.5. The minimum absolute atomic E-state index is 0.0507. The molecule has 0 aliphatic carbocycles. The summed E-state index contributed by atoms with van der Waals surface area (Å²) in [4.78, 5) is 14.2.